The van der Waals surface area contributed by atoms with E-state index in [1.165, 1.54) is 0 Å². The van der Waals surface area contributed by atoms with Gasteiger partial charge in [0.05, 0.1) is 11.7 Å². The Kier molecular flexibility index (Phi) is 9.89. The van der Waals surface area contributed by atoms with E-state index >= 15 is 0 Å². The predicted molar refractivity (Wildman–Crippen MR) is 90.9 cm³/mol. The van der Waals surface area contributed by atoms with E-state index in [4.69, 9.17) is 15.2 Å². The van der Waals surface area contributed by atoms with E-state index in [-0.39, 0.29) is 23.2 Å². The topological polar surface area (TPSA) is 73.6 Å². The number of hydrogen-bond donors (Lipinski definition) is 2. The molecule has 0 aliphatic rings. The van der Waals surface area contributed by atoms with Crippen LogP contribution in [0.15, 0.2) is 0 Å². The Morgan fingerprint density at radius 1 is 1.23 bits per heavy atom. The third-order valence-electron chi connectivity index (χ3n) is 3.67. The molecular weight excluding hydrogens is 280 g/mol. The minimum absolute atomic E-state index is 0.0628. The fourth-order valence-electron chi connectivity index (χ4n) is 2.21. The lowest BCUT2D eigenvalue weighted by Crippen LogP contribution is -2.44. The molecule has 0 aromatic heterocycles. The van der Waals surface area contributed by atoms with Crippen LogP contribution in [-0.4, -0.2) is 42.9 Å². The zero-order valence-corrected chi connectivity index (χ0v) is 15.3. The van der Waals surface area contributed by atoms with Crippen molar-refractivity contribution in [2.45, 2.75) is 84.5 Å². The van der Waals surface area contributed by atoms with Crippen molar-refractivity contribution in [3.8, 4) is 0 Å². The number of rotatable bonds is 12. The molecule has 5 nitrogen and oxygen atoms in total. The van der Waals surface area contributed by atoms with Gasteiger partial charge in [-0.2, -0.15) is 0 Å². The molecule has 0 aliphatic heterocycles. The van der Waals surface area contributed by atoms with Crippen LogP contribution in [0.2, 0.25) is 0 Å². The second kappa shape index (κ2) is 10.2. The fourth-order valence-corrected chi connectivity index (χ4v) is 2.21. The van der Waals surface area contributed by atoms with Gasteiger partial charge in [-0.3, -0.25) is 4.79 Å². The number of ether oxygens (including phenoxy) is 2. The largest absolute Gasteiger partial charge is 0.378 e. The van der Waals surface area contributed by atoms with Crippen molar-refractivity contribution in [2.24, 2.45) is 5.73 Å². The van der Waals surface area contributed by atoms with Crippen LogP contribution in [0.3, 0.4) is 0 Å². The Bertz CT molecular complexity index is 317. The summed E-state index contributed by atoms with van der Waals surface area (Å²) >= 11 is 0. The highest BCUT2D eigenvalue weighted by molar-refractivity contribution is 5.76. The van der Waals surface area contributed by atoms with E-state index < -0.39 is 0 Å². The first-order chi connectivity index (χ1) is 10.1. The van der Waals surface area contributed by atoms with Gasteiger partial charge in [0.1, 0.15) is 0 Å². The summed E-state index contributed by atoms with van der Waals surface area (Å²) in [5, 5.41) is 3.08. The number of amides is 1. The standard InChI is InChI=1S/C17H36N2O3/c1-7-22-17(5,6)10-8-15(20)19-16(3,4)11-13-21-14(2)9-12-18/h14H,7-13,18H2,1-6H3,(H,19,20). The number of hydrogen-bond acceptors (Lipinski definition) is 4. The molecule has 0 aromatic carbocycles. The molecule has 0 aromatic rings. The average Bonchev–Trinajstić information content (AvgIpc) is 2.36. The molecule has 5 heteroatoms. The van der Waals surface area contributed by atoms with Gasteiger partial charge in [-0.05, 0) is 67.3 Å². The molecule has 22 heavy (non-hydrogen) atoms. The average molecular weight is 316 g/mol. The molecule has 1 atom stereocenters. The summed E-state index contributed by atoms with van der Waals surface area (Å²) in [7, 11) is 0. The van der Waals surface area contributed by atoms with Crippen LogP contribution in [0.1, 0.15) is 67.2 Å². The molecule has 0 heterocycles. The highest BCUT2D eigenvalue weighted by Crippen LogP contribution is 2.17. The molecule has 0 radical (unpaired) electrons. The first kappa shape index (κ1) is 21.4. The molecule has 0 fully saturated rings. The summed E-state index contributed by atoms with van der Waals surface area (Å²) in [5.74, 6) is 0.0628. The van der Waals surface area contributed by atoms with Crippen molar-refractivity contribution in [3.63, 3.8) is 0 Å². The summed E-state index contributed by atoms with van der Waals surface area (Å²) in [6.45, 7) is 14.0. The van der Waals surface area contributed by atoms with E-state index in [1.807, 2.05) is 41.5 Å². The highest BCUT2D eigenvalue weighted by atomic mass is 16.5. The van der Waals surface area contributed by atoms with E-state index in [0.717, 1.165) is 12.8 Å². The van der Waals surface area contributed by atoms with Crippen LogP contribution >= 0.6 is 0 Å². The second-order valence-electron chi connectivity index (χ2n) is 7.13. The SMILES string of the molecule is CCOC(C)(C)CCC(=O)NC(C)(C)CCOC(C)CCN. The monoisotopic (exact) mass is 316 g/mol. The first-order valence-corrected chi connectivity index (χ1v) is 8.38. The second-order valence-corrected chi connectivity index (χ2v) is 7.13. The lowest BCUT2D eigenvalue weighted by Gasteiger charge is -2.29. The van der Waals surface area contributed by atoms with Crippen LogP contribution in [0.4, 0.5) is 0 Å². The fraction of sp³-hybridized carbons (Fsp3) is 0.941. The smallest absolute Gasteiger partial charge is 0.220 e. The van der Waals surface area contributed by atoms with Crippen molar-refractivity contribution in [2.75, 3.05) is 19.8 Å². The van der Waals surface area contributed by atoms with Gasteiger partial charge in [-0.25, -0.2) is 0 Å². The molecule has 132 valence electrons. The summed E-state index contributed by atoms with van der Waals surface area (Å²) in [6.07, 6.45) is 3.00. The summed E-state index contributed by atoms with van der Waals surface area (Å²) in [5.41, 5.74) is 4.97. The van der Waals surface area contributed by atoms with Gasteiger partial charge in [-0.15, -0.1) is 0 Å². The zero-order chi connectivity index (χ0) is 17.2. The van der Waals surface area contributed by atoms with E-state index in [9.17, 15) is 4.79 Å². The van der Waals surface area contributed by atoms with Crippen molar-refractivity contribution in [1.29, 1.82) is 0 Å². The lowest BCUT2D eigenvalue weighted by molar-refractivity contribution is -0.124. The molecule has 0 saturated carbocycles. The zero-order valence-electron chi connectivity index (χ0n) is 15.3. The third-order valence-corrected chi connectivity index (χ3v) is 3.67. The summed E-state index contributed by atoms with van der Waals surface area (Å²) in [4.78, 5) is 12.1. The highest BCUT2D eigenvalue weighted by Gasteiger charge is 2.23. The minimum atomic E-state index is -0.269. The van der Waals surface area contributed by atoms with Gasteiger partial charge in [0, 0.05) is 25.2 Å². The lowest BCUT2D eigenvalue weighted by atomic mass is 9.98. The number of carbonyl (C=O) groups is 1. The van der Waals surface area contributed by atoms with Crippen LogP contribution in [0, 0.1) is 0 Å². The van der Waals surface area contributed by atoms with E-state index in [0.29, 0.717) is 32.6 Å². The van der Waals surface area contributed by atoms with Gasteiger partial charge in [-0.1, -0.05) is 0 Å². The number of nitrogens with one attached hydrogen (secondary N) is 1. The van der Waals surface area contributed by atoms with Gasteiger partial charge in [0.25, 0.3) is 0 Å². The maximum absolute atomic E-state index is 12.1. The maximum Gasteiger partial charge on any atom is 0.220 e. The molecule has 0 bridgehead atoms. The molecule has 0 aliphatic carbocycles. The number of carbonyl (C=O) groups excluding carboxylic acids is 1. The predicted octanol–water partition coefficient (Wildman–Crippen LogP) is 2.62. The van der Waals surface area contributed by atoms with Crippen LogP contribution in [0.5, 0.6) is 0 Å². The van der Waals surface area contributed by atoms with Crippen molar-refractivity contribution in [3.05, 3.63) is 0 Å². The molecule has 1 unspecified atom stereocenters. The third kappa shape index (κ3) is 11.0. The Morgan fingerprint density at radius 3 is 2.41 bits per heavy atom. The normalized spacial score (nSPS) is 14.0. The van der Waals surface area contributed by atoms with Crippen molar-refractivity contribution >= 4 is 5.91 Å². The Hall–Kier alpha value is -0.650. The molecule has 0 spiro atoms. The number of nitrogens with two attached hydrogens (primary N) is 1. The molecule has 1 amide bonds. The van der Waals surface area contributed by atoms with Crippen LogP contribution < -0.4 is 11.1 Å². The van der Waals surface area contributed by atoms with Gasteiger partial charge < -0.3 is 20.5 Å². The van der Waals surface area contributed by atoms with Crippen LogP contribution in [0.25, 0.3) is 0 Å². The Labute approximate surface area is 136 Å². The summed E-state index contributed by atoms with van der Waals surface area (Å²) in [6, 6.07) is 0. The minimum Gasteiger partial charge on any atom is -0.378 e. The molecule has 0 saturated heterocycles. The van der Waals surface area contributed by atoms with Gasteiger partial charge in [0.15, 0.2) is 0 Å². The van der Waals surface area contributed by atoms with Gasteiger partial charge in [0.2, 0.25) is 5.91 Å². The van der Waals surface area contributed by atoms with Crippen molar-refractivity contribution in [1.82, 2.24) is 5.32 Å². The maximum atomic E-state index is 12.1. The summed E-state index contributed by atoms with van der Waals surface area (Å²) < 4.78 is 11.3. The molecule has 0 rings (SSSR count). The van der Waals surface area contributed by atoms with Gasteiger partial charge >= 0.3 is 0 Å². The Balaban J connectivity index is 4.05. The Morgan fingerprint density at radius 2 is 1.86 bits per heavy atom. The van der Waals surface area contributed by atoms with Crippen molar-refractivity contribution < 1.29 is 14.3 Å². The first-order valence-electron chi connectivity index (χ1n) is 8.38. The molecule has 3 N–H and O–H groups in total. The van der Waals surface area contributed by atoms with Crippen LogP contribution in [-0.2, 0) is 14.3 Å². The van der Waals surface area contributed by atoms with E-state index in [2.05, 4.69) is 5.32 Å². The quantitative estimate of drug-likeness (QED) is 0.580. The van der Waals surface area contributed by atoms with E-state index in [1.54, 1.807) is 0 Å². The molecular formula is C17H36N2O3.